The second kappa shape index (κ2) is 14.6. The van der Waals surface area contributed by atoms with Crippen molar-refractivity contribution in [3.63, 3.8) is 0 Å². The number of unbranched alkanes of at least 4 members (excludes halogenated alkanes) is 10. The minimum atomic E-state index is -0.757. The topological polar surface area (TPSA) is 91.1 Å². The van der Waals surface area contributed by atoms with Crippen molar-refractivity contribution < 1.29 is 5.11 Å². The van der Waals surface area contributed by atoms with Gasteiger partial charge in [-0.2, -0.15) is 0 Å². The maximum absolute atomic E-state index is 11.3. The summed E-state index contributed by atoms with van der Waals surface area (Å²) in [6, 6.07) is 0. The second-order valence-corrected chi connectivity index (χ2v) is 9.26. The summed E-state index contributed by atoms with van der Waals surface area (Å²) >= 11 is 0. The summed E-state index contributed by atoms with van der Waals surface area (Å²) in [5.74, 6) is 0.173. The van der Waals surface area contributed by atoms with Crippen LogP contribution in [0, 0.1) is 0 Å². The fraction of sp³-hybridized carbons (Fsp3) is 0.800. The molecule has 2 aliphatic rings. The van der Waals surface area contributed by atoms with E-state index in [2.05, 4.69) is 33.5 Å². The molecular weight excluding hydrogens is 386 g/mol. The highest BCUT2D eigenvalue weighted by atomic mass is 16.3. The molecule has 0 radical (unpaired) electrons. The lowest BCUT2D eigenvalue weighted by molar-refractivity contribution is -0.122. The van der Waals surface area contributed by atoms with E-state index in [9.17, 15) is 5.11 Å². The van der Waals surface area contributed by atoms with E-state index in [0.29, 0.717) is 6.54 Å². The SMILES string of the molecule is C=CCCCCCCCCCCCC1(O)C=CC2N(CCCCN=C(N)N)CCCN21. The fourth-order valence-corrected chi connectivity index (χ4v) is 4.91. The Morgan fingerprint density at radius 2 is 1.68 bits per heavy atom. The zero-order chi connectivity index (χ0) is 22.4. The van der Waals surface area contributed by atoms with Crippen LogP contribution in [0.1, 0.15) is 89.9 Å². The Morgan fingerprint density at radius 3 is 2.35 bits per heavy atom. The van der Waals surface area contributed by atoms with Crippen molar-refractivity contribution in [2.24, 2.45) is 16.5 Å². The Bertz CT molecular complexity index is 560. The van der Waals surface area contributed by atoms with Crippen LogP contribution in [0.2, 0.25) is 0 Å². The van der Waals surface area contributed by atoms with E-state index in [1.54, 1.807) is 0 Å². The highest BCUT2D eigenvalue weighted by Gasteiger charge is 2.43. The van der Waals surface area contributed by atoms with Gasteiger partial charge in [-0.05, 0) is 57.6 Å². The van der Waals surface area contributed by atoms with Crippen molar-refractivity contribution in [1.82, 2.24) is 9.80 Å². The number of guanidine groups is 1. The number of nitrogens with zero attached hydrogens (tertiary/aromatic N) is 3. The third kappa shape index (κ3) is 9.34. The number of allylic oxidation sites excluding steroid dienone is 1. The van der Waals surface area contributed by atoms with Gasteiger partial charge < -0.3 is 16.6 Å². The number of hydrogen-bond donors (Lipinski definition) is 3. The molecule has 0 spiro atoms. The monoisotopic (exact) mass is 433 g/mol. The van der Waals surface area contributed by atoms with Gasteiger partial charge in [0.1, 0.15) is 5.72 Å². The summed E-state index contributed by atoms with van der Waals surface area (Å²) in [4.78, 5) is 8.85. The van der Waals surface area contributed by atoms with Crippen molar-refractivity contribution in [1.29, 1.82) is 0 Å². The maximum atomic E-state index is 11.3. The van der Waals surface area contributed by atoms with Crippen LogP contribution >= 0.6 is 0 Å². The third-order valence-electron chi connectivity index (χ3n) is 6.67. The van der Waals surface area contributed by atoms with E-state index in [4.69, 9.17) is 11.5 Å². The highest BCUT2D eigenvalue weighted by Crippen LogP contribution is 2.34. The molecule has 1 saturated heterocycles. The molecule has 2 unspecified atom stereocenters. The summed E-state index contributed by atoms with van der Waals surface area (Å²) in [6.45, 7) is 7.57. The zero-order valence-electron chi connectivity index (χ0n) is 19.7. The first kappa shape index (κ1) is 25.9. The number of nitrogens with two attached hydrogens (primary N) is 2. The van der Waals surface area contributed by atoms with E-state index < -0.39 is 5.72 Å². The van der Waals surface area contributed by atoms with Gasteiger partial charge in [0.25, 0.3) is 0 Å². The first-order valence-electron chi connectivity index (χ1n) is 12.7. The van der Waals surface area contributed by atoms with Gasteiger partial charge in [-0.25, -0.2) is 0 Å². The maximum Gasteiger partial charge on any atom is 0.185 e. The lowest BCUT2D eigenvalue weighted by atomic mass is 10.0. The van der Waals surface area contributed by atoms with Crippen molar-refractivity contribution in [3.8, 4) is 0 Å². The van der Waals surface area contributed by atoms with Crippen LogP contribution in [0.5, 0.6) is 0 Å². The smallest absolute Gasteiger partial charge is 0.185 e. The molecular formula is C25H47N5O. The van der Waals surface area contributed by atoms with E-state index in [1.165, 1.54) is 51.4 Å². The van der Waals surface area contributed by atoms with Gasteiger partial charge in [0, 0.05) is 19.6 Å². The Kier molecular flexibility index (Phi) is 12.2. The summed E-state index contributed by atoms with van der Waals surface area (Å²) < 4.78 is 0. The molecule has 0 saturated carbocycles. The summed E-state index contributed by atoms with van der Waals surface area (Å²) in [5.41, 5.74) is 10.0. The van der Waals surface area contributed by atoms with E-state index in [1.807, 2.05) is 6.08 Å². The standard InChI is InChI=1S/C25H47N5O/c1-2-3-4-5-6-7-8-9-10-11-12-17-25(31)18-16-23-29(21-15-22-30(23)25)20-14-13-19-28-24(26)27/h2,16,18,23,31H,1,3-15,17,19-22H2,(H4,26,27,28). The predicted octanol–water partition coefficient (Wildman–Crippen LogP) is 4.11. The van der Waals surface area contributed by atoms with Crippen LogP contribution in [0.25, 0.3) is 0 Å². The number of rotatable bonds is 17. The zero-order valence-corrected chi connectivity index (χ0v) is 19.7. The molecule has 2 aliphatic heterocycles. The molecule has 0 aromatic heterocycles. The molecule has 0 bridgehead atoms. The molecule has 2 atom stereocenters. The molecule has 2 heterocycles. The van der Waals surface area contributed by atoms with Gasteiger partial charge >= 0.3 is 0 Å². The second-order valence-electron chi connectivity index (χ2n) is 9.26. The molecule has 6 nitrogen and oxygen atoms in total. The van der Waals surface area contributed by atoms with Crippen LogP contribution in [-0.4, -0.2) is 58.9 Å². The minimum absolute atomic E-state index is 0.173. The van der Waals surface area contributed by atoms with E-state index in [0.717, 1.165) is 58.2 Å². The number of aliphatic imine (C=N–C) groups is 1. The molecule has 0 aromatic carbocycles. The van der Waals surface area contributed by atoms with Crippen LogP contribution in [0.15, 0.2) is 29.8 Å². The average Bonchev–Trinajstić information content (AvgIpc) is 3.09. The molecule has 0 amide bonds. The van der Waals surface area contributed by atoms with Gasteiger partial charge in [-0.1, -0.05) is 57.1 Å². The summed E-state index contributed by atoms with van der Waals surface area (Å²) in [6.07, 6.45) is 23.4. The lowest BCUT2D eigenvalue weighted by Crippen LogP contribution is -2.58. The van der Waals surface area contributed by atoms with Crippen LogP contribution < -0.4 is 11.5 Å². The first-order chi connectivity index (χ1) is 15.1. The van der Waals surface area contributed by atoms with Crippen LogP contribution in [0.4, 0.5) is 0 Å². The molecule has 31 heavy (non-hydrogen) atoms. The van der Waals surface area contributed by atoms with Crippen molar-refractivity contribution in [3.05, 3.63) is 24.8 Å². The van der Waals surface area contributed by atoms with Crippen molar-refractivity contribution >= 4 is 5.96 Å². The van der Waals surface area contributed by atoms with Crippen LogP contribution in [0.3, 0.4) is 0 Å². The fourth-order valence-electron chi connectivity index (χ4n) is 4.91. The summed E-state index contributed by atoms with van der Waals surface area (Å²) in [7, 11) is 0. The predicted molar refractivity (Wildman–Crippen MR) is 132 cm³/mol. The Balaban J connectivity index is 1.59. The quantitative estimate of drug-likeness (QED) is 0.139. The largest absolute Gasteiger partial charge is 0.372 e. The summed E-state index contributed by atoms with van der Waals surface area (Å²) in [5, 5.41) is 11.3. The Labute approximate surface area is 190 Å². The van der Waals surface area contributed by atoms with Gasteiger partial charge in [0.05, 0.1) is 6.17 Å². The van der Waals surface area contributed by atoms with E-state index in [-0.39, 0.29) is 12.1 Å². The third-order valence-corrected chi connectivity index (χ3v) is 6.67. The first-order valence-corrected chi connectivity index (χ1v) is 12.7. The molecule has 1 fully saturated rings. The lowest BCUT2D eigenvalue weighted by Gasteiger charge is -2.45. The molecule has 6 heteroatoms. The van der Waals surface area contributed by atoms with Crippen LogP contribution in [-0.2, 0) is 0 Å². The highest BCUT2D eigenvalue weighted by molar-refractivity contribution is 5.75. The molecule has 5 N–H and O–H groups in total. The average molecular weight is 434 g/mol. The Morgan fingerprint density at radius 1 is 1.00 bits per heavy atom. The number of hydrogen-bond acceptors (Lipinski definition) is 4. The van der Waals surface area contributed by atoms with Gasteiger partial charge in [-0.3, -0.25) is 14.8 Å². The minimum Gasteiger partial charge on any atom is -0.372 e. The molecule has 178 valence electrons. The molecule has 2 rings (SSSR count). The van der Waals surface area contributed by atoms with Gasteiger partial charge in [0.15, 0.2) is 5.96 Å². The van der Waals surface area contributed by atoms with Crippen molar-refractivity contribution in [2.75, 3.05) is 26.2 Å². The Hall–Kier alpha value is -1.37. The number of fused-ring (bicyclic) bond motifs is 1. The molecule has 0 aromatic rings. The van der Waals surface area contributed by atoms with Gasteiger partial charge in [-0.15, -0.1) is 6.58 Å². The van der Waals surface area contributed by atoms with E-state index >= 15 is 0 Å². The number of aliphatic hydroxyl groups is 1. The molecule has 0 aliphatic carbocycles. The van der Waals surface area contributed by atoms with Crippen molar-refractivity contribution in [2.45, 2.75) is 102 Å². The normalized spacial score (nSPS) is 23.7. The van der Waals surface area contributed by atoms with Gasteiger partial charge in [0.2, 0.25) is 0 Å².